The van der Waals surface area contributed by atoms with Crippen molar-refractivity contribution in [3.05, 3.63) is 170 Å². The molecule has 11 atom stereocenters. The number of anilines is 6. The number of nitrogens with one attached hydrogen (secondary N) is 8. The Balaban J connectivity index is 0.000000131. The topological polar surface area (TPSA) is 498 Å². The van der Waals surface area contributed by atoms with Crippen molar-refractivity contribution in [3.8, 4) is 22.8 Å². The number of fused-ring (bicyclic) bond motifs is 2. The Kier molecular flexibility index (Phi) is 34.3. The lowest BCUT2D eigenvalue weighted by Crippen LogP contribution is -2.43. The predicted molar refractivity (Wildman–Crippen MR) is 539 cm³/mol. The van der Waals surface area contributed by atoms with Crippen molar-refractivity contribution in [2.45, 2.75) is 244 Å². The minimum atomic E-state index is -4.02. The Labute approximate surface area is 880 Å². The van der Waals surface area contributed by atoms with Crippen molar-refractivity contribution in [3.63, 3.8) is 0 Å². The van der Waals surface area contributed by atoms with Crippen LogP contribution in [0.4, 0.5) is 80.4 Å². The molecule has 149 heavy (non-hydrogen) atoms. The first-order valence-corrected chi connectivity index (χ1v) is 52.0. The maximum Gasteiger partial charge on any atom is 0.410 e. The molecule has 4 amide bonds. The fraction of sp³-hybridized carbons (Fsp3) is 0.479. The van der Waals surface area contributed by atoms with E-state index in [9.17, 15) is 68.6 Å². The molecule has 21 rings (SSSR count). The Hall–Kier alpha value is -12.7. The first kappa shape index (κ1) is 109. The van der Waals surface area contributed by atoms with E-state index in [1.807, 2.05) is 6.92 Å². The Morgan fingerprint density at radius 2 is 0.859 bits per heavy atom. The first-order valence-electron chi connectivity index (χ1n) is 48.2. The summed E-state index contributed by atoms with van der Waals surface area (Å²) in [6, 6.07) is 9.29. The Morgan fingerprint density at radius 3 is 1.28 bits per heavy atom. The fourth-order valence-electron chi connectivity index (χ4n) is 20.4. The van der Waals surface area contributed by atoms with Crippen LogP contribution in [0.25, 0.3) is 44.8 Å². The molecule has 4 aliphatic heterocycles. The number of ketones is 1. The molecule has 9 N–H and O–H groups in total. The molecule has 10 unspecified atom stereocenters. The van der Waals surface area contributed by atoms with Crippen LogP contribution in [0.1, 0.15) is 173 Å². The number of nitrogens with zero attached hydrogens (tertiary/aromatic N) is 18. The average Bonchev–Trinajstić information content (AvgIpc) is 1.59. The number of aryl methyl sites for hydroxylation is 1. The van der Waals surface area contributed by atoms with Crippen LogP contribution < -0.4 is 37.2 Å². The van der Waals surface area contributed by atoms with Crippen LogP contribution in [0.2, 0.25) is 31.2 Å². The SMILES string of the molecule is CCOC(=O)C[C@@]1(O)CCCC(Nc2nc(Cl)ncc2F)C1.CN1CC2(CCCC(Nc3nc(-c4c[nH]c5ncc(Cl)cc45)ncc3F)C2)OC1=O.CN1CC2(CCCC(Nc3nc(Cl)ncc3F)C2)OC1=O.Cc1ccc(S(=O)(=O)n2cc(-c3ncc(F)c(NC4CCCC5(C4)CN(C)C(=O)O5)n3)c3cc(Cl)cnc32)cc1.O=C1CCCC(Nc2nc(Cl)ncc2F)C1.O=C1NCC2(CCCC(Nc3nc(Cl)ncc3F)C2)O1. The lowest BCUT2D eigenvalue weighted by atomic mass is 9.79. The van der Waals surface area contributed by atoms with E-state index >= 15 is 0 Å². The van der Waals surface area contributed by atoms with E-state index in [1.165, 1.54) is 24.5 Å². The number of aromatic amines is 1. The molecule has 40 nitrogen and oxygen atoms in total. The van der Waals surface area contributed by atoms with Gasteiger partial charge in [-0.3, -0.25) is 9.59 Å². The third-order valence-electron chi connectivity index (χ3n) is 27.1. The smallest absolute Gasteiger partial charge is 0.410 e. The van der Waals surface area contributed by atoms with Gasteiger partial charge in [0.2, 0.25) is 21.1 Å². The van der Waals surface area contributed by atoms with E-state index in [-0.39, 0.29) is 152 Å². The molecule has 10 aliphatic rings. The van der Waals surface area contributed by atoms with Gasteiger partial charge >= 0.3 is 30.3 Å². The molecule has 4 spiro atoms. The summed E-state index contributed by atoms with van der Waals surface area (Å²) in [5.74, 6) is -2.84. The number of alkyl carbamates (subject to hydrolysis) is 1. The zero-order chi connectivity index (χ0) is 106. The van der Waals surface area contributed by atoms with Crippen molar-refractivity contribution in [1.29, 1.82) is 0 Å². The van der Waals surface area contributed by atoms with Gasteiger partial charge in [-0.05, 0) is 200 Å². The van der Waals surface area contributed by atoms with Gasteiger partial charge < -0.3 is 85.7 Å². The van der Waals surface area contributed by atoms with Crippen LogP contribution in [0.15, 0.2) is 103 Å². The summed E-state index contributed by atoms with van der Waals surface area (Å²) in [5.41, 5.74) is -0.512. The lowest BCUT2D eigenvalue weighted by molar-refractivity contribution is -0.150. The number of Topliss-reactive ketones (excluding diaryl/α,β-unsaturated/α-hetero) is 1. The Bertz CT molecular complexity index is 6920. The number of halogens is 12. The van der Waals surface area contributed by atoms with Crippen LogP contribution in [-0.4, -0.2) is 261 Å². The van der Waals surface area contributed by atoms with Crippen molar-refractivity contribution >= 4 is 173 Å². The molecule has 6 saturated carbocycles. The van der Waals surface area contributed by atoms with E-state index in [4.69, 9.17) is 93.3 Å². The van der Waals surface area contributed by atoms with Gasteiger partial charge in [-0.1, -0.05) is 40.9 Å². The number of carbonyl (C=O) groups is 6. The largest absolute Gasteiger partial charge is 0.466 e. The standard InChI is InChI=1S/C27H26ClFN6O4S.C20H20ClFN6O2.C14H19ClFN3O3.C13H16ClFN4O2.C12H14ClFN4O2.C10H11ClFN3O/c1-16-5-7-19(8-6-16)40(37,38)35-14-21(20-10-17(28)12-31-25(20)35)23-30-13-22(29)24(33-23)32-18-4-3-9-27(11-18)15-34(2)26(36)39-27;1-28-10-20(30-19(28)29)4-2-3-12(6-20)26-18-15(22)9-25-17(27-18)14-8-24-16-13(14)5-11(21)7-23-16;1-2-22-11(20)7-14(21)5-3-4-9(6-14)18-12-10(16)8-17-13(15)19-12;1-19-7-13(21-12(19)20)4-2-3-8(5-13)17-10-9(15)6-16-11(14)18-10;13-10-15-5-8(14)9(18-10)17-7-2-1-3-12(4-7)6-16-11(19)20-12;11-10-13-5-8(12)9(15-10)14-6-2-1-3-7(16)4-6/h5-8,10,12-14,18H,3-4,9,11,15H2,1-2H3,(H,30,32,33);5,7-9,12H,2-4,6,10H2,1H3,(H,23,24)(H,25,26,27);8-9,21H,2-7H2,1H3,(H,17,18,19);6,8H,2-5,7H2,1H3,(H,16,17,18);5,7H,1-4,6H2,(H,16,19)(H,15,17,18);5-6H,1-4H2,(H,13,14,15)/t;;9?,14-;;;/m..1.../s1. The number of likely N-dealkylation sites (N-methyl/N-ethyl adjacent to an activating group) is 3. The average molecular weight is 2210 g/mol. The highest BCUT2D eigenvalue weighted by Gasteiger charge is 2.51. The third kappa shape index (κ3) is 27.2. The highest BCUT2D eigenvalue weighted by Crippen LogP contribution is 2.45. The zero-order valence-corrected chi connectivity index (χ0v) is 86.5. The van der Waals surface area contributed by atoms with Gasteiger partial charge in [0, 0.05) is 143 Å². The van der Waals surface area contributed by atoms with Crippen LogP contribution in [0, 0.1) is 41.8 Å². The van der Waals surface area contributed by atoms with Gasteiger partial charge in [-0.25, -0.2) is 108 Å². The minimum absolute atomic E-state index is 0.00329. The van der Waals surface area contributed by atoms with Crippen molar-refractivity contribution in [2.75, 3.05) is 85.8 Å². The normalized spacial score (nSPS) is 24.4. The molecule has 14 heterocycles. The number of amides is 4. The monoisotopic (exact) mass is 2200 g/mol. The molecule has 794 valence electrons. The number of pyridine rings is 2. The van der Waals surface area contributed by atoms with Gasteiger partial charge in [-0.15, -0.1) is 0 Å². The second-order valence-corrected chi connectivity index (χ2v) is 42.6. The van der Waals surface area contributed by atoms with Gasteiger partial charge in [-0.2, -0.15) is 19.9 Å². The molecule has 4 saturated heterocycles. The summed E-state index contributed by atoms with van der Waals surface area (Å²) in [6.07, 6.45) is 28.2. The number of aromatic nitrogens is 16. The van der Waals surface area contributed by atoms with Crippen LogP contribution >= 0.6 is 69.6 Å². The maximum absolute atomic E-state index is 14.9. The summed E-state index contributed by atoms with van der Waals surface area (Å²) < 4.78 is 139. The van der Waals surface area contributed by atoms with E-state index in [0.29, 0.717) is 122 Å². The van der Waals surface area contributed by atoms with Gasteiger partial charge in [0.05, 0.1) is 96.9 Å². The zero-order valence-electron chi connectivity index (χ0n) is 81.2. The van der Waals surface area contributed by atoms with Crippen molar-refractivity contribution in [1.82, 2.24) is 98.7 Å². The predicted octanol–water partition coefficient (Wildman–Crippen LogP) is 18.0. The number of benzene rings is 1. The molecule has 10 fully saturated rings. The number of H-pyrrole nitrogens is 1. The number of hydrogen-bond donors (Lipinski definition) is 9. The summed E-state index contributed by atoms with van der Waals surface area (Å²) >= 11 is 34.9. The molecular formula is C96H106Cl6F6N26O14S. The number of hydrogen-bond acceptors (Lipinski definition) is 34. The molecule has 10 aromatic heterocycles. The number of rotatable bonds is 19. The van der Waals surface area contributed by atoms with Crippen molar-refractivity contribution in [2.24, 2.45) is 0 Å². The number of esters is 1. The fourth-order valence-corrected chi connectivity index (χ4v) is 22.6. The summed E-state index contributed by atoms with van der Waals surface area (Å²) in [6.45, 7) is 5.95. The summed E-state index contributed by atoms with van der Waals surface area (Å²) in [5, 5.41) is 33.4. The molecule has 11 aromatic rings. The van der Waals surface area contributed by atoms with E-state index in [2.05, 4.69) is 112 Å². The molecule has 53 heteroatoms. The third-order valence-corrected chi connectivity index (χ3v) is 29.9. The maximum atomic E-state index is 14.9. The number of aliphatic hydroxyl groups is 1. The molecule has 0 bridgehead atoms. The molecule has 0 radical (unpaired) electrons. The first-order chi connectivity index (χ1) is 71.1. The van der Waals surface area contributed by atoms with E-state index < -0.39 is 78.9 Å². The highest BCUT2D eigenvalue weighted by atomic mass is 35.5. The second kappa shape index (κ2) is 46.8. The molecule has 1 aromatic carbocycles. The van der Waals surface area contributed by atoms with Gasteiger partial charge in [0.1, 0.15) is 33.8 Å². The minimum Gasteiger partial charge on any atom is -0.466 e. The van der Waals surface area contributed by atoms with Crippen LogP contribution in [-0.2, 0) is 43.3 Å². The van der Waals surface area contributed by atoms with Gasteiger partial charge in [0.15, 0.2) is 87.1 Å². The van der Waals surface area contributed by atoms with Crippen molar-refractivity contribution < 1.29 is 92.3 Å². The number of carbonyl (C=O) groups excluding carboxylic acids is 6. The summed E-state index contributed by atoms with van der Waals surface area (Å²) in [7, 11) is 1.12. The highest BCUT2D eigenvalue weighted by molar-refractivity contribution is 7.90. The Morgan fingerprint density at radius 1 is 0.477 bits per heavy atom. The quantitative estimate of drug-likeness (QED) is 0.0157. The van der Waals surface area contributed by atoms with E-state index in [0.717, 1.165) is 148 Å². The van der Waals surface area contributed by atoms with E-state index in [1.54, 1.807) is 79.4 Å². The summed E-state index contributed by atoms with van der Waals surface area (Å²) in [4.78, 5) is 133. The second-order valence-electron chi connectivity index (χ2n) is 38.6. The molecule has 6 aliphatic carbocycles. The lowest BCUT2D eigenvalue weighted by Gasteiger charge is -2.36. The van der Waals surface area contributed by atoms with Crippen LogP contribution in [0.5, 0.6) is 0 Å². The van der Waals surface area contributed by atoms with Gasteiger partial charge in [0.25, 0.3) is 10.0 Å². The molecular weight excluding hydrogens is 2100 g/mol. The number of ether oxygens (including phenoxy) is 5. The van der Waals surface area contributed by atoms with Crippen LogP contribution in [0.3, 0.4) is 0 Å².